The average molecular weight is 497 g/mol. The van der Waals surface area contributed by atoms with Gasteiger partial charge in [-0.3, -0.25) is 14.4 Å². The summed E-state index contributed by atoms with van der Waals surface area (Å²) in [7, 11) is 2.96. The van der Waals surface area contributed by atoms with Crippen molar-refractivity contribution in [3.63, 3.8) is 0 Å². The highest BCUT2D eigenvalue weighted by Crippen LogP contribution is 2.32. The number of fused-ring (bicyclic) bond motifs is 1. The molecule has 36 heavy (non-hydrogen) atoms. The van der Waals surface area contributed by atoms with E-state index in [1.165, 1.54) is 14.2 Å². The number of esters is 1. The van der Waals surface area contributed by atoms with E-state index in [-0.39, 0.29) is 49.7 Å². The number of cyclic esters (lactones) is 1. The summed E-state index contributed by atoms with van der Waals surface area (Å²) in [5, 5.41) is 0. The van der Waals surface area contributed by atoms with Crippen molar-refractivity contribution in [3.05, 3.63) is 59.2 Å². The number of hydrogen-bond donors (Lipinski definition) is 0. The lowest BCUT2D eigenvalue weighted by Gasteiger charge is -2.25. The van der Waals surface area contributed by atoms with Gasteiger partial charge < -0.3 is 18.9 Å². The lowest BCUT2D eigenvalue weighted by Crippen LogP contribution is -2.30. The van der Waals surface area contributed by atoms with E-state index in [0.29, 0.717) is 24.2 Å². The molecule has 2 aromatic rings. The van der Waals surface area contributed by atoms with E-state index in [1.807, 2.05) is 30.3 Å². The van der Waals surface area contributed by atoms with Crippen molar-refractivity contribution in [2.75, 3.05) is 21.0 Å². The lowest BCUT2D eigenvalue weighted by atomic mass is 9.88. The smallest absolute Gasteiger partial charge is 0.342 e. The fourth-order valence-corrected chi connectivity index (χ4v) is 4.31. The van der Waals surface area contributed by atoms with E-state index < -0.39 is 29.4 Å². The van der Waals surface area contributed by atoms with Crippen molar-refractivity contribution in [3.8, 4) is 11.5 Å². The Kier molecular flexibility index (Phi) is 9.76. The van der Waals surface area contributed by atoms with Crippen LogP contribution in [0.1, 0.15) is 54.1 Å². The normalized spacial score (nSPS) is 19.8. The Morgan fingerprint density at radius 2 is 1.67 bits per heavy atom. The van der Waals surface area contributed by atoms with Gasteiger partial charge in [-0.1, -0.05) is 30.3 Å². The zero-order chi connectivity index (χ0) is 26.1. The number of benzene rings is 2. The molecule has 1 heterocycles. The van der Waals surface area contributed by atoms with Crippen LogP contribution in [0.15, 0.2) is 42.5 Å². The molecule has 2 atom stereocenters. The van der Waals surface area contributed by atoms with Crippen LogP contribution in [0.25, 0.3) is 0 Å². The third-order valence-electron chi connectivity index (χ3n) is 6.33. The maximum atomic E-state index is 13.5. The molecule has 0 spiro atoms. The van der Waals surface area contributed by atoms with E-state index in [9.17, 15) is 19.2 Å². The zero-order valence-corrected chi connectivity index (χ0v) is 20.9. The van der Waals surface area contributed by atoms with Gasteiger partial charge in [0.25, 0.3) is 5.78 Å². The van der Waals surface area contributed by atoms with Crippen LogP contribution in [0, 0.1) is 5.92 Å². The quantitative estimate of drug-likeness (QED) is 0.337. The maximum Gasteiger partial charge on any atom is 0.342 e. The van der Waals surface area contributed by atoms with Gasteiger partial charge in [0.05, 0.1) is 7.11 Å². The summed E-state index contributed by atoms with van der Waals surface area (Å²) < 4.78 is 22.0. The van der Waals surface area contributed by atoms with Crippen molar-refractivity contribution in [2.24, 2.45) is 5.92 Å². The first-order chi connectivity index (χ1) is 17.3. The van der Waals surface area contributed by atoms with Crippen LogP contribution in [-0.2, 0) is 36.7 Å². The molecule has 8 heteroatoms. The van der Waals surface area contributed by atoms with E-state index in [0.717, 1.165) is 5.56 Å². The monoisotopic (exact) mass is 496 g/mol. The topological polar surface area (TPSA) is 105 Å². The van der Waals surface area contributed by atoms with Crippen LogP contribution in [0.5, 0.6) is 11.5 Å². The first-order valence-electron chi connectivity index (χ1n) is 12.0. The summed E-state index contributed by atoms with van der Waals surface area (Å²) in [5.41, 5.74) is 1.79. The molecule has 0 fully saturated rings. The van der Waals surface area contributed by atoms with Gasteiger partial charge in [0, 0.05) is 31.9 Å². The van der Waals surface area contributed by atoms with Gasteiger partial charge in [-0.25, -0.2) is 4.79 Å². The number of rotatable bonds is 6. The Balaban J connectivity index is 2.00. The van der Waals surface area contributed by atoms with Gasteiger partial charge in [0.15, 0.2) is 6.79 Å². The average Bonchev–Trinajstić information content (AvgIpc) is 2.88. The standard InChI is InChI=1S/C28H32O8/c1-18-20(14-19-8-5-4-6-9-19)12-13-24(30)27(31)23(29)11-7-10-21-15-22(34-3)16-25(35-17-33-2)26(21)28(32)36-18/h4-6,8-9,15-16,18,20H,7,10-14,17H2,1-3H3/t18-,20-/m0/s1. The first-order valence-corrected chi connectivity index (χ1v) is 12.0. The Morgan fingerprint density at radius 1 is 0.944 bits per heavy atom. The Hall–Kier alpha value is -3.52. The minimum atomic E-state index is -0.967. The number of carbonyl (C=O) groups excluding carboxylic acids is 4. The van der Waals surface area contributed by atoms with Crippen LogP contribution in [-0.4, -0.2) is 50.4 Å². The molecular formula is C28H32O8. The fourth-order valence-electron chi connectivity index (χ4n) is 4.31. The lowest BCUT2D eigenvalue weighted by molar-refractivity contribution is -0.144. The second-order valence-corrected chi connectivity index (χ2v) is 8.84. The van der Waals surface area contributed by atoms with E-state index in [4.69, 9.17) is 18.9 Å². The van der Waals surface area contributed by atoms with Gasteiger partial charge in [-0.2, -0.15) is 0 Å². The summed E-state index contributed by atoms with van der Waals surface area (Å²) in [6.07, 6.45) is 0.608. The molecule has 3 rings (SSSR count). The number of aryl methyl sites for hydroxylation is 1. The molecule has 2 aromatic carbocycles. The summed E-state index contributed by atoms with van der Waals surface area (Å²) in [4.78, 5) is 50.7. The molecule has 192 valence electrons. The summed E-state index contributed by atoms with van der Waals surface area (Å²) >= 11 is 0. The molecule has 8 nitrogen and oxygen atoms in total. The van der Waals surface area contributed by atoms with Crippen LogP contribution < -0.4 is 9.47 Å². The molecule has 1 aliphatic heterocycles. The fraction of sp³-hybridized carbons (Fsp3) is 0.429. The summed E-state index contributed by atoms with van der Waals surface area (Å²) in [6, 6.07) is 12.9. The minimum absolute atomic E-state index is 0.0834. The number of hydrogen-bond acceptors (Lipinski definition) is 8. The maximum absolute atomic E-state index is 13.5. The molecular weight excluding hydrogens is 464 g/mol. The predicted octanol–water partition coefficient (Wildman–Crippen LogP) is 3.91. The van der Waals surface area contributed by atoms with E-state index in [1.54, 1.807) is 19.1 Å². The highest BCUT2D eigenvalue weighted by atomic mass is 16.7. The molecule has 0 bridgehead atoms. The Morgan fingerprint density at radius 3 is 2.36 bits per heavy atom. The van der Waals surface area contributed by atoms with Crippen molar-refractivity contribution in [1.29, 1.82) is 0 Å². The largest absolute Gasteiger partial charge is 0.497 e. The van der Waals surface area contributed by atoms with Gasteiger partial charge in [0.1, 0.15) is 23.2 Å². The van der Waals surface area contributed by atoms with Crippen molar-refractivity contribution < 1.29 is 38.1 Å². The van der Waals surface area contributed by atoms with Crippen molar-refractivity contribution >= 4 is 23.3 Å². The van der Waals surface area contributed by atoms with Gasteiger partial charge >= 0.3 is 5.97 Å². The molecule has 0 saturated heterocycles. The predicted molar refractivity (Wildman–Crippen MR) is 131 cm³/mol. The van der Waals surface area contributed by atoms with E-state index >= 15 is 0 Å². The zero-order valence-electron chi connectivity index (χ0n) is 20.9. The number of Topliss-reactive ketones (excluding diaryl/α,β-unsaturated/α-hetero) is 3. The number of ketones is 3. The molecule has 0 N–H and O–H groups in total. The summed E-state index contributed by atoms with van der Waals surface area (Å²) in [5.74, 6) is -2.51. The van der Waals surface area contributed by atoms with Gasteiger partial charge in [0.2, 0.25) is 11.6 Å². The molecule has 0 aromatic heterocycles. The second kappa shape index (κ2) is 13.0. The number of ether oxygens (including phenoxy) is 4. The number of carbonyl (C=O) groups is 4. The molecule has 0 radical (unpaired) electrons. The molecule has 0 saturated carbocycles. The van der Waals surface area contributed by atoms with Crippen LogP contribution in [0.4, 0.5) is 0 Å². The van der Waals surface area contributed by atoms with Crippen LogP contribution >= 0.6 is 0 Å². The minimum Gasteiger partial charge on any atom is -0.497 e. The highest BCUT2D eigenvalue weighted by molar-refractivity contribution is 6.63. The summed E-state index contributed by atoms with van der Waals surface area (Å²) in [6.45, 7) is 1.68. The molecule has 0 aliphatic carbocycles. The van der Waals surface area contributed by atoms with Crippen molar-refractivity contribution in [2.45, 2.75) is 51.6 Å². The van der Waals surface area contributed by atoms with Gasteiger partial charge in [-0.05, 0) is 49.8 Å². The molecule has 0 amide bonds. The van der Waals surface area contributed by atoms with Crippen LogP contribution in [0.3, 0.4) is 0 Å². The third kappa shape index (κ3) is 7.01. The molecule has 0 unspecified atom stereocenters. The van der Waals surface area contributed by atoms with E-state index in [2.05, 4.69) is 0 Å². The Labute approximate surface area is 210 Å². The molecule has 1 aliphatic rings. The highest BCUT2D eigenvalue weighted by Gasteiger charge is 2.30. The van der Waals surface area contributed by atoms with Gasteiger partial charge in [-0.15, -0.1) is 0 Å². The first kappa shape index (κ1) is 27.1. The third-order valence-corrected chi connectivity index (χ3v) is 6.33. The SMILES string of the molecule is COCOc1cc(OC)cc2c1C(=O)O[C@@H](C)[C@H](Cc1ccccc1)CCC(=O)C(=O)C(=O)CCC2. The Bertz CT molecular complexity index is 1090. The second-order valence-electron chi connectivity index (χ2n) is 8.84. The van der Waals surface area contributed by atoms with Crippen molar-refractivity contribution in [1.82, 2.24) is 0 Å². The van der Waals surface area contributed by atoms with Crippen LogP contribution in [0.2, 0.25) is 0 Å². The number of methoxy groups -OCH3 is 2.